The van der Waals surface area contributed by atoms with Gasteiger partial charge in [0.15, 0.2) is 0 Å². The van der Waals surface area contributed by atoms with E-state index >= 15 is 0 Å². The van der Waals surface area contributed by atoms with E-state index in [4.69, 9.17) is 9.84 Å². The highest BCUT2D eigenvalue weighted by atomic mass is 16.5. The van der Waals surface area contributed by atoms with Crippen LogP contribution in [0.5, 0.6) is 0 Å². The molecule has 1 aromatic carbocycles. The summed E-state index contributed by atoms with van der Waals surface area (Å²) in [4.78, 5) is 22.9. The Balaban J connectivity index is 1.84. The number of esters is 1. The second-order valence-corrected chi connectivity index (χ2v) is 4.99. The van der Waals surface area contributed by atoms with Gasteiger partial charge in [-0.2, -0.15) is 0 Å². The fourth-order valence-corrected chi connectivity index (χ4v) is 2.47. The van der Waals surface area contributed by atoms with Crippen molar-refractivity contribution in [3.8, 4) is 0 Å². The second kappa shape index (κ2) is 6.36. The van der Waals surface area contributed by atoms with Crippen LogP contribution in [-0.2, 0) is 20.9 Å². The van der Waals surface area contributed by atoms with Crippen LogP contribution in [0.25, 0.3) is 0 Å². The number of benzene rings is 1. The van der Waals surface area contributed by atoms with Crippen molar-refractivity contribution < 1.29 is 19.4 Å². The summed E-state index contributed by atoms with van der Waals surface area (Å²) < 4.78 is 5.26. The number of aliphatic carboxylic acids is 1. The minimum Gasteiger partial charge on any atom is -0.481 e. The molecule has 2 atom stereocenters. The molecule has 1 N–H and O–H groups in total. The van der Waals surface area contributed by atoms with Crippen LogP contribution in [0.1, 0.15) is 31.2 Å². The van der Waals surface area contributed by atoms with E-state index in [2.05, 4.69) is 0 Å². The highest BCUT2D eigenvalue weighted by Gasteiger charge is 2.31. The lowest BCUT2D eigenvalue weighted by Gasteiger charge is -2.25. The summed E-state index contributed by atoms with van der Waals surface area (Å²) >= 11 is 0. The van der Waals surface area contributed by atoms with Gasteiger partial charge in [0.25, 0.3) is 0 Å². The highest BCUT2D eigenvalue weighted by Crippen LogP contribution is 2.30. The molecule has 1 aliphatic carbocycles. The maximum absolute atomic E-state index is 11.9. The van der Waals surface area contributed by atoms with Gasteiger partial charge in [-0.1, -0.05) is 36.8 Å². The van der Waals surface area contributed by atoms with Gasteiger partial charge in [-0.25, -0.2) is 0 Å². The zero-order chi connectivity index (χ0) is 13.7. The lowest BCUT2D eigenvalue weighted by molar-refractivity contribution is -0.153. The Morgan fingerprint density at radius 3 is 2.53 bits per heavy atom. The summed E-state index contributed by atoms with van der Waals surface area (Å²) in [5.74, 6) is -1.74. The molecule has 0 heterocycles. The Kier molecular flexibility index (Phi) is 4.55. The Morgan fingerprint density at radius 2 is 1.84 bits per heavy atom. The number of ether oxygens (including phenoxy) is 1. The number of carbonyl (C=O) groups is 2. The largest absolute Gasteiger partial charge is 0.481 e. The summed E-state index contributed by atoms with van der Waals surface area (Å²) in [6.45, 7) is 0.258. The van der Waals surface area contributed by atoms with Gasteiger partial charge >= 0.3 is 11.9 Å². The second-order valence-electron chi connectivity index (χ2n) is 4.99. The molecule has 1 aliphatic rings. The van der Waals surface area contributed by atoms with Crippen molar-refractivity contribution in [2.24, 2.45) is 11.8 Å². The molecule has 0 saturated heterocycles. The molecule has 19 heavy (non-hydrogen) atoms. The van der Waals surface area contributed by atoms with Crippen LogP contribution in [0.4, 0.5) is 0 Å². The average molecular weight is 262 g/mol. The maximum Gasteiger partial charge on any atom is 0.309 e. The number of carboxylic acid groups (broad SMARTS) is 1. The maximum atomic E-state index is 11.9. The predicted octanol–water partition coefficient (Wildman–Crippen LogP) is 2.62. The smallest absolute Gasteiger partial charge is 0.309 e. The summed E-state index contributed by atoms with van der Waals surface area (Å²) in [7, 11) is 0. The van der Waals surface area contributed by atoms with Crippen LogP contribution < -0.4 is 0 Å². The van der Waals surface area contributed by atoms with E-state index in [1.165, 1.54) is 0 Å². The van der Waals surface area contributed by atoms with Crippen molar-refractivity contribution in [1.82, 2.24) is 0 Å². The first-order valence-corrected chi connectivity index (χ1v) is 6.60. The molecule has 4 nitrogen and oxygen atoms in total. The summed E-state index contributed by atoms with van der Waals surface area (Å²) in [6, 6.07) is 9.49. The minimum absolute atomic E-state index is 0.258. The zero-order valence-corrected chi connectivity index (χ0v) is 10.7. The lowest BCUT2D eigenvalue weighted by atomic mass is 9.81. The number of rotatable bonds is 4. The number of carbonyl (C=O) groups excluding carboxylic acids is 1. The molecule has 4 heteroatoms. The van der Waals surface area contributed by atoms with Gasteiger partial charge in [-0.3, -0.25) is 9.59 Å². The Labute approximate surface area is 112 Å². The van der Waals surface area contributed by atoms with Crippen LogP contribution in [0.2, 0.25) is 0 Å². The van der Waals surface area contributed by atoms with Crippen LogP contribution in [-0.4, -0.2) is 17.0 Å². The Bertz CT molecular complexity index is 441. The summed E-state index contributed by atoms with van der Waals surface area (Å²) in [6.07, 6.45) is 2.58. The minimum atomic E-state index is -0.805. The number of hydrogen-bond acceptors (Lipinski definition) is 3. The van der Waals surface area contributed by atoms with Gasteiger partial charge in [0.2, 0.25) is 0 Å². The van der Waals surface area contributed by atoms with Gasteiger partial charge in [0.05, 0.1) is 11.8 Å². The Hall–Kier alpha value is -1.84. The van der Waals surface area contributed by atoms with E-state index < -0.39 is 11.9 Å². The summed E-state index contributed by atoms with van der Waals surface area (Å²) in [5.41, 5.74) is 0.946. The van der Waals surface area contributed by atoms with E-state index in [0.29, 0.717) is 12.8 Å². The van der Waals surface area contributed by atoms with Crippen molar-refractivity contribution in [3.63, 3.8) is 0 Å². The zero-order valence-electron chi connectivity index (χ0n) is 10.7. The highest BCUT2D eigenvalue weighted by molar-refractivity contribution is 5.75. The summed E-state index contributed by atoms with van der Waals surface area (Å²) in [5, 5.41) is 8.99. The third kappa shape index (κ3) is 3.81. The molecule has 0 spiro atoms. The first-order valence-electron chi connectivity index (χ1n) is 6.60. The fraction of sp³-hybridized carbons (Fsp3) is 0.467. The molecule has 1 aromatic rings. The molecule has 1 fully saturated rings. The van der Waals surface area contributed by atoms with Crippen molar-refractivity contribution >= 4 is 11.9 Å². The molecule has 102 valence electrons. The first kappa shape index (κ1) is 13.6. The quantitative estimate of drug-likeness (QED) is 0.847. The monoisotopic (exact) mass is 262 g/mol. The van der Waals surface area contributed by atoms with Crippen molar-refractivity contribution in [1.29, 1.82) is 0 Å². The molecule has 0 amide bonds. The molecule has 0 aromatic heterocycles. The standard InChI is InChI=1S/C15H18O4/c16-14(17)12-7-4-8-13(9-12)15(18)19-10-11-5-2-1-3-6-11/h1-3,5-6,12-13H,4,7-10H2,(H,16,17)/t12-,13+/m1/s1. The Morgan fingerprint density at radius 1 is 1.16 bits per heavy atom. The first-order chi connectivity index (χ1) is 9.16. The van der Waals surface area contributed by atoms with Crippen molar-refractivity contribution in [2.75, 3.05) is 0 Å². The van der Waals surface area contributed by atoms with Crippen molar-refractivity contribution in [3.05, 3.63) is 35.9 Å². The van der Waals surface area contributed by atoms with Crippen LogP contribution in [0.3, 0.4) is 0 Å². The lowest BCUT2D eigenvalue weighted by Crippen LogP contribution is -2.28. The molecule has 1 saturated carbocycles. The van der Waals surface area contributed by atoms with E-state index in [1.807, 2.05) is 30.3 Å². The number of carboxylic acids is 1. The third-order valence-electron chi connectivity index (χ3n) is 3.58. The third-order valence-corrected chi connectivity index (χ3v) is 3.58. The molecule has 0 radical (unpaired) electrons. The van der Waals surface area contributed by atoms with Gasteiger partial charge < -0.3 is 9.84 Å². The molecule has 0 bridgehead atoms. The van der Waals surface area contributed by atoms with Gasteiger partial charge in [-0.05, 0) is 24.8 Å². The van der Waals surface area contributed by atoms with E-state index in [1.54, 1.807) is 0 Å². The molecule has 0 unspecified atom stereocenters. The molecular weight excluding hydrogens is 244 g/mol. The molecular formula is C15H18O4. The topological polar surface area (TPSA) is 63.6 Å². The van der Waals surface area contributed by atoms with Crippen LogP contribution >= 0.6 is 0 Å². The van der Waals surface area contributed by atoms with Crippen LogP contribution in [0.15, 0.2) is 30.3 Å². The van der Waals surface area contributed by atoms with Gasteiger partial charge in [0, 0.05) is 0 Å². The predicted molar refractivity (Wildman–Crippen MR) is 69.3 cm³/mol. The van der Waals surface area contributed by atoms with E-state index in [-0.39, 0.29) is 18.5 Å². The molecule has 0 aliphatic heterocycles. The van der Waals surface area contributed by atoms with Gasteiger partial charge in [0.1, 0.15) is 6.61 Å². The average Bonchev–Trinajstić information content (AvgIpc) is 2.46. The molecule has 2 rings (SSSR count). The number of hydrogen-bond donors (Lipinski definition) is 1. The SMILES string of the molecule is O=C(O)[C@@H]1CCC[C@H](C(=O)OCc2ccccc2)C1. The van der Waals surface area contributed by atoms with Crippen molar-refractivity contribution in [2.45, 2.75) is 32.3 Å². The fourth-order valence-electron chi connectivity index (χ4n) is 2.47. The van der Waals surface area contributed by atoms with E-state index in [0.717, 1.165) is 18.4 Å². The van der Waals surface area contributed by atoms with Gasteiger partial charge in [-0.15, -0.1) is 0 Å². The van der Waals surface area contributed by atoms with E-state index in [9.17, 15) is 9.59 Å². The normalized spacial score (nSPS) is 22.7. The van der Waals surface area contributed by atoms with Crippen LogP contribution in [0, 0.1) is 11.8 Å².